The Balaban J connectivity index is 3.08. The summed E-state index contributed by atoms with van der Waals surface area (Å²) in [6.45, 7) is 6.16. The molecule has 1 unspecified atom stereocenters. The maximum atomic E-state index is 9.22. The van der Waals surface area contributed by atoms with Gasteiger partial charge in [0.25, 0.3) is 0 Å². The molecule has 0 aliphatic rings. The molecule has 3 nitrogen and oxygen atoms in total. The van der Waals surface area contributed by atoms with Crippen molar-refractivity contribution in [3.8, 4) is 6.07 Å². The summed E-state index contributed by atoms with van der Waals surface area (Å²) in [7, 11) is 4.13. The van der Waals surface area contributed by atoms with Crippen molar-refractivity contribution in [3.05, 3.63) is 28.2 Å². The highest BCUT2D eigenvalue weighted by Gasteiger charge is 2.17. The van der Waals surface area contributed by atoms with Crippen LogP contribution in [-0.2, 0) is 0 Å². The van der Waals surface area contributed by atoms with Crippen molar-refractivity contribution >= 4 is 21.6 Å². The van der Waals surface area contributed by atoms with Gasteiger partial charge in [-0.2, -0.15) is 5.26 Å². The number of hydrogen-bond acceptors (Lipinski definition) is 3. The Morgan fingerprint density at radius 3 is 2.56 bits per heavy atom. The third-order valence-corrected chi connectivity index (χ3v) is 3.39. The highest BCUT2D eigenvalue weighted by molar-refractivity contribution is 9.10. The van der Waals surface area contributed by atoms with E-state index in [0.29, 0.717) is 6.04 Å². The van der Waals surface area contributed by atoms with E-state index in [0.717, 1.165) is 28.8 Å². The summed E-state index contributed by atoms with van der Waals surface area (Å²) >= 11 is 3.48. The normalized spacial score (nSPS) is 12.3. The molecule has 0 bridgehead atoms. The summed E-state index contributed by atoms with van der Waals surface area (Å²) in [6.07, 6.45) is 0. The summed E-state index contributed by atoms with van der Waals surface area (Å²) in [5.74, 6) is 0. The zero-order chi connectivity index (χ0) is 13.7. The van der Waals surface area contributed by atoms with Gasteiger partial charge in [0.1, 0.15) is 6.07 Å². The van der Waals surface area contributed by atoms with Crippen molar-refractivity contribution < 1.29 is 0 Å². The molecule has 0 aromatic heterocycles. The molecule has 0 saturated carbocycles. The molecule has 0 fully saturated rings. The first-order chi connectivity index (χ1) is 8.49. The maximum absolute atomic E-state index is 9.22. The zero-order valence-corrected chi connectivity index (χ0v) is 13.0. The number of hydrogen-bond donors (Lipinski definition) is 0. The lowest BCUT2D eigenvalue weighted by molar-refractivity contribution is 0.373. The zero-order valence-electron chi connectivity index (χ0n) is 11.4. The molecule has 1 atom stereocenters. The topological polar surface area (TPSA) is 30.3 Å². The summed E-state index contributed by atoms with van der Waals surface area (Å²) in [5, 5.41) is 9.22. The van der Waals surface area contributed by atoms with Gasteiger partial charge in [0, 0.05) is 23.6 Å². The molecule has 98 valence electrons. The van der Waals surface area contributed by atoms with Gasteiger partial charge in [0.15, 0.2) is 0 Å². The Labute approximate surface area is 118 Å². The molecule has 1 aromatic carbocycles. The Hall–Kier alpha value is -1.05. The van der Waals surface area contributed by atoms with Gasteiger partial charge >= 0.3 is 0 Å². The highest BCUT2D eigenvalue weighted by atomic mass is 79.9. The Morgan fingerprint density at radius 1 is 1.39 bits per heavy atom. The van der Waals surface area contributed by atoms with E-state index in [1.807, 2.05) is 18.2 Å². The minimum absolute atomic E-state index is 0.367. The van der Waals surface area contributed by atoms with Gasteiger partial charge in [-0.3, -0.25) is 0 Å². The van der Waals surface area contributed by atoms with Gasteiger partial charge in [-0.1, -0.05) is 15.9 Å². The van der Waals surface area contributed by atoms with Crippen LogP contribution in [0.4, 0.5) is 5.69 Å². The van der Waals surface area contributed by atoms with Crippen LogP contribution in [0, 0.1) is 11.3 Å². The summed E-state index contributed by atoms with van der Waals surface area (Å²) in [6, 6.07) is 8.43. The molecular weight excluding hydrogens is 290 g/mol. The highest BCUT2D eigenvalue weighted by Crippen LogP contribution is 2.26. The summed E-state index contributed by atoms with van der Waals surface area (Å²) < 4.78 is 1.01. The third kappa shape index (κ3) is 3.72. The molecule has 0 radical (unpaired) electrons. The first-order valence-corrected chi connectivity index (χ1v) is 6.90. The van der Waals surface area contributed by atoms with Gasteiger partial charge in [-0.15, -0.1) is 0 Å². The molecule has 0 heterocycles. The van der Waals surface area contributed by atoms with E-state index in [9.17, 15) is 5.26 Å². The molecule has 0 aliphatic carbocycles. The molecule has 4 heteroatoms. The smallest absolute Gasteiger partial charge is 0.101 e. The van der Waals surface area contributed by atoms with Crippen LogP contribution in [0.15, 0.2) is 22.7 Å². The van der Waals surface area contributed by atoms with Gasteiger partial charge in [-0.25, -0.2) is 0 Å². The molecule has 0 aliphatic heterocycles. The SMILES string of the molecule is CCN(c1cc(Br)ccc1C#N)C(C)CN(C)C. The lowest BCUT2D eigenvalue weighted by Gasteiger charge is -2.32. The van der Waals surface area contributed by atoms with Crippen molar-refractivity contribution in [2.75, 3.05) is 32.1 Å². The monoisotopic (exact) mass is 309 g/mol. The van der Waals surface area contributed by atoms with Crippen LogP contribution in [0.25, 0.3) is 0 Å². The number of anilines is 1. The Kier molecular flexibility index (Phi) is 5.64. The van der Waals surface area contributed by atoms with E-state index in [-0.39, 0.29) is 0 Å². The number of likely N-dealkylation sites (N-methyl/N-ethyl adjacent to an activating group) is 2. The predicted molar refractivity (Wildman–Crippen MR) is 79.9 cm³/mol. The molecule has 1 aromatic rings. The van der Waals surface area contributed by atoms with E-state index in [4.69, 9.17) is 0 Å². The van der Waals surface area contributed by atoms with Crippen molar-refractivity contribution in [2.45, 2.75) is 19.9 Å². The van der Waals surface area contributed by atoms with Crippen LogP contribution < -0.4 is 4.90 Å². The number of benzene rings is 1. The summed E-state index contributed by atoms with van der Waals surface area (Å²) in [5.41, 5.74) is 1.73. The van der Waals surface area contributed by atoms with E-state index in [2.05, 4.69) is 59.7 Å². The fraction of sp³-hybridized carbons (Fsp3) is 0.500. The fourth-order valence-corrected chi connectivity index (χ4v) is 2.53. The van der Waals surface area contributed by atoms with E-state index in [1.54, 1.807) is 0 Å². The first kappa shape index (κ1) is 15.0. The second-order valence-corrected chi connectivity index (χ2v) is 5.59. The molecule has 18 heavy (non-hydrogen) atoms. The maximum Gasteiger partial charge on any atom is 0.101 e. The van der Waals surface area contributed by atoms with Gasteiger partial charge in [0.2, 0.25) is 0 Å². The first-order valence-electron chi connectivity index (χ1n) is 6.10. The van der Waals surface area contributed by atoms with Crippen LogP contribution in [0.5, 0.6) is 0 Å². The molecule has 0 saturated heterocycles. The van der Waals surface area contributed by atoms with Crippen molar-refractivity contribution in [3.63, 3.8) is 0 Å². The van der Waals surface area contributed by atoms with Crippen LogP contribution in [0.3, 0.4) is 0 Å². The average molecular weight is 310 g/mol. The van der Waals surface area contributed by atoms with Gasteiger partial charge < -0.3 is 9.80 Å². The Bertz CT molecular complexity index is 437. The van der Waals surface area contributed by atoms with E-state index < -0.39 is 0 Å². The largest absolute Gasteiger partial charge is 0.367 e. The van der Waals surface area contributed by atoms with Crippen molar-refractivity contribution in [2.24, 2.45) is 0 Å². The van der Waals surface area contributed by atoms with Crippen LogP contribution in [0.2, 0.25) is 0 Å². The number of rotatable bonds is 5. The minimum Gasteiger partial charge on any atom is -0.367 e. The van der Waals surface area contributed by atoms with Crippen molar-refractivity contribution in [1.82, 2.24) is 4.90 Å². The third-order valence-electron chi connectivity index (χ3n) is 2.89. The van der Waals surface area contributed by atoms with Crippen LogP contribution in [0.1, 0.15) is 19.4 Å². The molecule has 0 N–H and O–H groups in total. The fourth-order valence-electron chi connectivity index (χ4n) is 2.18. The average Bonchev–Trinajstić information content (AvgIpc) is 2.29. The van der Waals surface area contributed by atoms with Gasteiger partial charge in [-0.05, 0) is 46.1 Å². The second-order valence-electron chi connectivity index (χ2n) is 4.67. The number of halogens is 1. The second kappa shape index (κ2) is 6.77. The van der Waals surface area contributed by atoms with E-state index >= 15 is 0 Å². The van der Waals surface area contributed by atoms with Crippen LogP contribution in [-0.4, -0.2) is 38.1 Å². The quantitative estimate of drug-likeness (QED) is 0.837. The number of nitriles is 1. The standard InChI is InChI=1S/C14H20BrN3/c1-5-18(11(2)10-17(3)4)14-8-13(15)7-6-12(14)9-16/h6-8,11H,5,10H2,1-4H3. The molecule has 0 amide bonds. The van der Waals surface area contributed by atoms with Crippen molar-refractivity contribution in [1.29, 1.82) is 5.26 Å². The molecule has 0 spiro atoms. The lowest BCUT2D eigenvalue weighted by Crippen LogP contribution is -2.40. The predicted octanol–water partition coefficient (Wildman–Crippen LogP) is 3.10. The minimum atomic E-state index is 0.367. The molecular formula is C14H20BrN3. The van der Waals surface area contributed by atoms with E-state index in [1.165, 1.54) is 0 Å². The summed E-state index contributed by atoms with van der Waals surface area (Å²) in [4.78, 5) is 4.43. The van der Waals surface area contributed by atoms with Crippen LogP contribution >= 0.6 is 15.9 Å². The molecule has 1 rings (SSSR count). The Morgan fingerprint density at radius 2 is 2.06 bits per heavy atom. The number of nitrogens with zero attached hydrogens (tertiary/aromatic N) is 3. The van der Waals surface area contributed by atoms with Gasteiger partial charge in [0.05, 0.1) is 11.3 Å². The lowest BCUT2D eigenvalue weighted by atomic mass is 10.1.